The van der Waals surface area contributed by atoms with Crippen LogP contribution in [0, 0.1) is 0 Å². The quantitative estimate of drug-likeness (QED) is 0.448. The molecule has 0 saturated carbocycles. The van der Waals surface area contributed by atoms with Crippen LogP contribution in [0.5, 0.6) is 5.75 Å². The third-order valence-electron chi connectivity index (χ3n) is 4.03. The van der Waals surface area contributed by atoms with Gasteiger partial charge in [0.15, 0.2) is 5.75 Å². The first kappa shape index (κ1) is 20.0. The maximum atomic E-state index is 11.5. The van der Waals surface area contributed by atoms with Gasteiger partial charge in [-0.1, -0.05) is 12.1 Å². The molecule has 25 heavy (non-hydrogen) atoms. The van der Waals surface area contributed by atoms with E-state index in [0.717, 1.165) is 12.3 Å². The predicted molar refractivity (Wildman–Crippen MR) is 99.0 cm³/mol. The average molecular weight is 368 g/mol. The van der Waals surface area contributed by atoms with Crippen LogP contribution in [0.4, 0.5) is 0 Å². The van der Waals surface area contributed by atoms with Crippen LogP contribution >= 0.6 is 0 Å². The molecule has 1 atom stereocenters. The van der Waals surface area contributed by atoms with Gasteiger partial charge in [0.25, 0.3) is 5.91 Å². The third-order valence-corrected chi connectivity index (χ3v) is 5.25. The Labute approximate surface area is 152 Å². The molecule has 1 aromatic carbocycles. The number of rotatable bonds is 11. The number of hydrogen-bond acceptors (Lipinski definition) is 5. The summed E-state index contributed by atoms with van der Waals surface area (Å²) >= 11 is -1.29. The zero-order valence-electron chi connectivity index (χ0n) is 14.6. The number of aliphatic hydroxyl groups excluding tert-OH is 1. The fourth-order valence-corrected chi connectivity index (χ4v) is 3.54. The number of carbonyl (C=O) groups is 1. The second kappa shape index (κ2) is 11.4. The highest BCUT2D eigenvalue weighted by molar-refractivity contribution is 7.92. The molecule has 1 amide bonds. The van der Waals surface area contributed by atoms with Crippen LogP contribution in [0.25, 0.3) is 0 Å². The smallest absolute Gasteiger partial charge is 0.269 e. The van der Waals surface area contributed by atoms with Gasteiger partial charge in [-0.05, 0) is 61.2 Å². The normalized spacial score (nSPS) is 15.9. The SMILES string of the molecule is O=C(C[S+]([O-])CCO)NCCCOc1cccc(CN2CCCC2)c1. The Morgan fingerprint density at radius 3 is 2.92 bits per heavy atom. The summed E-state index contributed by atoms with van der Waals surface area (Å²) in [6, 6.07) is 8.16. The molecule has 1 aliphatic heterocycles. The molecule has 0 radical (unpaired) electrons. The highest BCUT2D eigenvalue weighted by Crippen LogP contribution is 2.17. The molecule has 7 heteroatoms. The molecule has 0 aromatic heterocycles. The molecule has 1 fully saturated rings. The molecule has 2 rings (SSSR count). The highest BCUT2D eigenvalue weighted by atomic mass is 32.2. The number of ether oxygens (including phenoxy) is 1. The van der Waals surface area contributed by atoms with Crippen LogP contribution in [0.2, 0.25) is 0 Å². The molecule has 1 aromatic rings. The van der Waals surface area contributed by atoms with Crippen molar-refractivity contribution in [2.24, 2.45) is 0 Å². The maximum Gasteiger partial charge on any atom is 0.269 e. The van der Waals surface area contributed by atoms with Crippen molar-refractivity contribution >= 4 is 17.1 Å². The molecule has 140 valence electrons. The van der Waals surface area contributed by atoms with Crippen molar-refractivity contribution in [3.8, 4) is 5.75 Å². The fraction of sp³-hybridized carbons (Fsp3) is 0.611. The van der Waals surface area contributed by atoms with E-state index in [4.69, 9.17) is 9.84 Å². The number of amides is 1. The summed E-state index contributed by atoms with van der Waals surface area (Å²) in [5, 5.41) is 11.4. The summed E-state index contributed by atoms with van der Waals surface area (Å²) < 4.78 is 17.1. The van der Waals surface area contributed by atoms with E-state index in [1.54, 1.807) is 0 Å². The lowest BCUT2D eigenvalue weighted by Crippen LogP contribution is -2.33. The Kier molecular flexibility index (Phi) is 9.10. The fourth-order valence-electron chi connectivity index (χ4n) is 2.79. The van der Waals surface area contributed by atoms with Crippen molar-refractivity contribution in [1.29, 1.82) is 0 Å². The monoisotopic (exact) mass is 368 g/mol. The molecule has 0 aliphatic carbocycles. The molecule has 1 saturated heterocycles. The topological polar surface area (TPSA) is 84.9 Å². The average Bonchev–Trinajstić information content (AvgIpc) is 3.08. The van der Waals surface area contributed by atoms with Crippen LogP contribution in [-0.4, -0.2) is 64.8 Å². The van der Waals surface area contributed by atoms with Gasteiger partial charge in [0.2, 0.25) is 0 Å². The van der Waals surface area contributed by atoms with Crippen molar-refractivity contribution < 1.29 is 19.2 Å². The first-order valence-electron chi connectivity index (χ1n) is 8.84. The van der Waals surface area contributed by atoms with Gasteiger partial charge in [0.05, 0.1) is 13.2 Å². The van der Waals surface area contributed by atoms with Gasteiger partial charge in [-0.15, -0.1) is 0 Å². The summed E-state index contributed by atoms with van der Waals surface area (Å²) in [6.45, 7) is 4.17. The summed E-state index contributed by atoms with van der Waals surface area (Å²) in [5.41, 5.74) is 1.26. The van der Waals surface area contributed by atoms with Crippen molar-refractivity contribution in [3.63, 3.8) is 0 Å². The molecule has 0 spiro atoms. The van der Waals surface area contributed by atoms with Gasteiger partial charge in [-0.25, -0.2) is 0 Å². The molecule has 1 unspecified atom stereocenters. The van der Waals surface area contributed by atoms with Crippen molar-refractivity contribution in [2.75, 3.05) is 44.4 Å². The minimum Gasteiger partial charge on any atom is -0.616 e. The molecule has 1 aliphatic rings. The minimum atomic E-state index is -1.29. The summed E-state index contributed by atoms with van der Waals surface area (Å²) in [4.78, 5) is 14.0. The highest BCUT2D eigenvalue weighted by Gasteiger charge is 2.12. The van der Waals surface area contributed by atoms with Gasteiger partial charge in [0.1, 0.15) is 11.5 Å². The molecule has 1 heterocycles. The Bertz CT molecular complexity index is 524. The van der Waals surface area contributed by atoms with Gasteiger partial charge in [-0.3, -0.25) is 9.69 Å². The van der Waals surface area contributed by atoms with E-state index in [2.05, 4.69) is 22.3 Å². The van der Waals surface area contributed by atoms with Crippen molar-refractivity contribution in [2.45, 2.75) is 25.8 Å². The van der Waals surface area contributed by atoms with E-state index >= 15 is 0 Å². The van der Waals surface area contributed by atoms with Crippen LogP contribution in [0.15, 0.2) is 24.3 Å². The van der Waals surface area contributed by atoms with E-state index in [-0.39, 0.29) is 24.0 Å². The van der Waals surface area contributed by atoms with E-state index in [9.17, 15) is 9.35 Å². The largest absolute Gasteiger partial charge is 0.616 e. The lowest BCUT2D eigenvalue weighted by atomic mass is 10.2. The summed E-state index contributed by atoms with van der Waals surface area (Å²) in [6.07, 6.45) is 3.26. The number of nitrogens with one attached hydrogen (secondary N) is 1. The van der Waals surface area contributed by atoms with Gasteiger partial charge in [-0.2, -0.15) is 0 Å². The second-order valence-electron chi connectivity index (χ2n) is 6.19. The Morgan fingerprint density at radius 2 is 2.16 bits per heavy atom. The van der Waals surface area contributed by atoms with E-state index in [1.807, 2.05) is 12.1 Å². The number of aliphatic hydroxyl groups is 1. The molecular weight excluding hydrogens is 340 g/mol. The molecular formula is C18H28N2O4S. The minimum absolute atomic E-state index is 0.0556. The van der Waals surface area contributed by atoms with Crippen molar-refractivity contribution in [1.82, 2.24) is 10.2 Å². The first-order chi connectivity index (χ1) is 12.2. The van der Waals surface area contributed by atoms with E-state index in [0.29, 0.717) is 19.6 Å². The molecule has 0 bridgehead atoms. The third kappa shape index (κ3) is 8.09. The van der Waals surface area contributed by atoms with Gasteiger partial charge >= 0.3 is 0 Å². The summed E-state index contributed by atoms with van der Waals surface area (Å²) in [5.74, 6) is 0.691. The number of benzene rings is 1. The van der Waals surface area contributed by atoms with Crippen molar-refractivity contribution in [3.05, 3.63) is 29.8 Å². The Balaban J connectivity index is 1.60. The zero-order chi connectivity index (χ0) is 17.9. The zero-order valence-corrected chi connectivity index (χ0v) is 15.4. The molecule has 6 nitrogen and oxygen atoms in total. The lowest BCUT2D eigenvalue weighted by Gasteiger charge is -2.15. The van der Waals surface area contributed by atoms with E-state index in [1.165, 1.54) is 31.5 Å². The number of carbonyl (C=O) groups excluding carboxylic acids is 1. The van der Waals surface area contributed by atoms with Crippen LogP contribution in [0.1, 0.15) is 24.8 Å². The van der Waals surface area contributed by atoms with Gasteiger partial charge in [0, 0.05) is 13.1 Å². The molecule has 2 N–H and O–H groups in total. The Hall–Kier alpha value is -1.28. The predicted octanol–water partition coefficient (Wildman–Crippen LogP) is 0.909. The van der Waals surface area contributed by atoms with Crippen LogP contribution in [0.3, 0.4) is 0 Å². The number of nitrogens with zero attached hydrogens (tertiary/aromatic N) is 1. The van der Waals surface area contributed by atoms with Gasteiger partial charge < -0.3 is 19.7 Å². The van der Waals surface area contributed by atoms with Crippen LogP contribution in [-0.2, 0) is 22.5 Å². The number of hydrogen-bond donors (Lipinski definition) is 2. The standard InChI is InChI=1S/C18H28N2O4S/c21-10-12-25(23)15-18(22)19-7-4-11-24-17-6-3-5-16(13-17)14-20-8-1-2-9-20/h3,5-6,13,21H,1-2,4,7-12,14-15H2,(H,19,22). The first-order valence-corrected chi connectivity index (χ1v) is 10.3. The van der Waals surface area contributed by atoms with Crippen LogP contribution < -0.4 is 10.1 Å². The maximum absolute atomic E-state index is 11.5. The lowest BCUT2D eigenvalue weighted by molar-refractivity contribution is -0.118. The Morgan fingerprint density at radius 1 is 1.36 bits per heavy atom. The summed E-state index contributed by atoms with van der Waals surface area (Å²) in [7, 11) is 0. The number of likely N-dealkylation sites (tertiary alicyclic amines) is 1. The second-order valence-corrected chi connectivity index (χ2v) is 7.77. The van der Waals surface area contributed by atoms with E-state index < -0.39 is 11.2 Å².